The molecule has 3 unspecified atom stereocenters. The van der Waals surface area contributed by atoms with Crippen LogP contribution in [0.3, 0.4) is 0 Å². The van der Waals surface area contributed by atoms with Crippen molar-refractivity contribution >= 4 is 27.5 Å². The van der Waals surface area contributed by atoms with Crippen molar-refractivity contribution in [1.29, 1.82) is 0 Å². The maximum atomic E-state index is 6.53. The Balaban J connectivity index is 2.02. The van der Waals surface area contributed by atoms with Crippen molar-refractivity contribution in [2.24, 2.45) is 17.8 Å². The molecule has 0 N–H and O–H groups in total. The molecule has 1 aliphatic rings. The van der Waals surface area contributed by atoms with Crippen LogP contribution in [0.1, 0.15) is 38.7 Å². The van der Waals surface area contributed by atoms with E-state index < -0.39 is 0 Å². The lowest BCUT2D eigenvalue weighted by atomic mass is 9.74. The van der Waals surface area contributed by atoms with E-state index in [2.05, 4.69) is 54.0 Å². The van der Waals surface area contributed by atoms with Crippen LogP contribution in [0, 0.1) is 17.8 Å². The lowest BCUT2D eigenvalue weighted by Crippen LogP contribution is -2.29. The second-order valence-corrected chi connectivity index (χ2v) is 7.40. The van der Waals surface area contributed by atoms with Gasteiger partial charge in [-0.2, -0.15) is 0 Å². The summed E-state index contributed by atoms with van der Waals surface area (Å²) in [5, 5.41) is 0.360. The van der Waals surface area contributed by atoms with Gasteiger partial charge in [0.1, 0.15) is 0 Å². The van der Waals surface area contributed by atoms with E-state index in [4.69, 9.17) is 11.6 Å². The first-order valence-electron chi connectivity index (χ1n) is 6.94. The predicted octanol–water partition coefficient (Wildman–Crippen LogP) is 5.67. The van der Waals surface area contributed by atoms with Gasteiger partial charge in [-0.3, -0.25) is 0 Å². The maximum absolute atomic E-state index is 6.53. The van der Waals surface area contributed by atoms with Crippen LogP contribution in [-0.4, -0.2) is 5.38 Å². The van der Waals surface area contributed by atoms with Gasteiger partial charge in [0, 0.05) is 9.85 Å². The van der Waals surface area contributed by atoms with E-state index in [1.807, 2.05) is 0 Å². The molecule has 0 aromatic heterocycles. The lowest BCUT2D eigenvalue weighted by Gasteiger charge is -2.35. The molecule has 0 amide bonds. The molecule has 0 nitrogen and oxygen atoms in total. The van der Waals surface area contributed by atoms with Gasteiger partial charge in [0.15, 0.2) is 0 Å². The van der Waals surface area contributed by atoms with E-state index in [1.54, 1.807) is 0 Å². The number of halogens is 2. The van der Waals surface area contributed by atoms with E-state index in [0.717, 1.165) is 18.3 Å². The maximum Gasteiger partial charge on any atom is 0.0367 e. The van der Waals surface area contributed by atoms with Gasteiger partial charge in [-0.15, -0.1) is 11.6 Å². The zero-order valence-electron chi connectivity index (χ0n) is 11.2. The average molecular weight is 330 g/mol. The fourth-order valence-electron chi connectivity index (χ4n) is 3.05. The molecule has 2 heteroatoms. The van der Waals surface area contributed by atoms with Crippen molar-refractivity contribution < 1.29 is 0 Å². The smallest absolute Gasteiger partial charge is 0.0367 e. The molecule has 1 aromatic rings. The minimum atomic E-state index is 0.360. The quantitative estimate of drug-likeness (QED) is 0.627. The van der Waals surface area contributed by atoms with Gasteiger partial charge in [-0.05, 0) is 61.1 Å². The average Bonchev–Trinajstić information content (AvgIpc) is 2.31. The number of hydrogen-bond acceptors (Lipinski definition) is 0. The van der Waals surface area contributed by atoms with Gasteiger partial charge in [-0.25, -0.2) is 0 Å². The van der Waals surface area contributed by atoms with Crippen LogP contribution in [0.2, 0.25) is 0 Å². The fraction of sp³-hybridized carbons (Fsp3) is 0.625. The molecule has 0 saturated heterocycles. The molecule has 1 fully saturated rings. The Morgan fingerprint density at radius 1 is 1.33 bits per heavy atom. The summed E-state index contributed by atoms with van der Waals surface area (Å²) in [4.78, 5) is 0. The van der Waals surface area contributed by atoms with Gasteiger partial charge in [-0.1, -0.05) is 41.9 Å². The van der Waals surface area contributed by atoms with Crippen molar-refractivity contribution in [3.8, 4) is 0 Å². The Kier molecular flexibility index (Phi) is 5.14. The third kappa shape index (κ3) is 3.74. The first-order valence-corrected chi connectivity index (χ1v) is 8.17. The van der Waals surface area contributed by atoms with Crippen LogP contribution in [0.15, 0.2) is 28.7 Å². The van der Waals surface area contributed by atoms with E-state index in [0.29, 0.717) is 11.3 Å². The number of alkyl halides is 1. The summed E-state index contributed by atoms with van der Waals surface area (Å²) in [6, 6.07) is 8.64. The number of hydrogen-bond donors (Lipinski definition) is 0. The van der Waals surface area contributed by atoms with Gasteiger partial charge < -0.3 is 0 Å². The minimum Gasteiger partial charge on any atom is -0.123 e. The topological polar surface area (TPSA) is 0 Å². The Hall–Kier alpha value is -0.0100. The van der Waals surface area contributed by atoms with Crippen molar-refractivity contribution in [2.75, 3.05) is 0 Å². The molecule has 1 aliphatic carbocycles. The molecule has 0 heterocycles. The Bertz CT molecular complexity index is 388. The Morgan fingerprint density at radius 3 is 2.78 bits per heavy atom. The third-order valence-electron chi connectivity index (χ3n) is 4.26. The van der Waals surface area contributed by atoms with Crippen molar-refractivity contribution in [3.05, 3.63) is 34.3 Å². The van der Waals surface area contributed by atoms with Crippen LogP contribution in [0.5, 0.6) is 0 Å². The molecule has 0 bridgehead atoms. The summed E-state index contributed by atoms with van der Waals surface area (Å²) < 4.78 is 1.17. The van der Waals surface area contributed by atoms with Gasteiger partial charge >= 0.3 is 0 Å². The van der Waals surface area contributed by atoms with E-state index in [9.17, 15) is 0 Å². The molecule has 100 valence electrons. The first-order chi connectivity index (χ1) is 8.56. The second kappa shape index (κ2) is 6.43. The van der Waals surface area contributed by atoms with Crippen molar-refractivity contribution in [3.63, 3.8) is 0 Å². The van der Waals surface area contributed by atoms with Crippen LogP contribution < -0.4 is 0 Å². The summed E-state index contributed by atoms with van der Waals surface area (Å²) >= 11 is 10.1. The molecule has 0 aliphatic heterocycles. The normalized spacial score (nSPS) is 28.6. The van der Waals surface area contributed by atoms with Crippen LogP contribution >= 0.6 is 27.5 Å². The Morgan fingerprint density at radius 2 is 2.11 bits per heavy atom. The van der Waals surface area contributed by atoms with Gasteiger partial charge in [0.25, 0.3) is 0 Å². The van der Waals surface area contributed by atoms with Crippen LogP contribution in [-0.2, 0) is 6.42 Å². The minimum absolute atomic E-state index is 0.360. The summed E-state index contributed by atoms with van der Waals surface area (Å²) in [6.07, 6.45) is 4.90. The van der Waals surface area contributed by atoms with Crippen LogP contribution in [0.25, 0.3) is 0 Å². The summed E-state index contributed by atoms with van der Waals surface area (Å²) in [5.41, 5.74) is 1.41. The van der Waals surface area contributed by atoms with E-state index in [1.165, 1.54) is 29.3 Å². The molecular formula is C16H22BrCl. The summed E-state index contributed by atoms with van der Waals surface area (Å²) in [6.45, 7) is 4.69. The van der Waals surface area contributed by atoms with E-state index >= 15 is 0 Å². The molecule has 18 heavy (non-hydrogen) atoms. The number of rotatable bonds is 3. The Labute approximate surface area is 124 Å². The molecule has 1 saturated carbocycles. The predicted molar refractivity (Wildman–Crippen MR) is 83.2 cm³/mol. The highest BCUT2D eigenvalue weighted by atomic mass is 79.9. The molecule has 0 radical (unpaired) electrons. The third-order valence-corrected chi connectivity index (χ3v) is 5.33. The van der Waals surface area contributed by atoms with Crippen molar-refractivity contribution in [1.82, 2.24) is 0 Å². The summed E-state index contributed by atoms with van der Waals surface area (Å²) in [7, 11) is 0. The zero-order chi connectivity index (χ0) is 13.1. The largest absolute Gasteiger partial charge is 0.123 e. The molecule has 0 spiro atoms. The standard InChI is InChI=1S/C16H22BrCl/c1-11(2)13-6-7-16(18)14(10-13)8-12-4-3-5-15(17)9-12/h3-5,9,11,13-14,16H,6-8,10H2,1-2H3. The van der Waals surface area contributed by atoms with Crippen molar-refractivity contribution in [2.45, 2.75) is 44.9 Å². The lowest BCUT2D eigenvalue weighted by molar-refractivity contribution is 0.218. The van der Waals surface area contributed by atoms with Crippen LogP contribution in [0.4, 0.5) is 0 Å². The SMILES string of the molecule is CC(C)C1CCC(Cl)C(Cc2cccc(Br)c2)C1. The monoisotopic (exact) mass is 328 g/mol. The molecule has 3 atom stereocenters. The van der Waals surface area contributed by atoms with Gasteiger partial charge in [0.2, 0.25) is 0 Å². The molecule has 1 aromatic carbocycles. The number of benzene rings is 1. The van der Waals surface area contributed by atoms with E-state index in [-0.39, 0.29) is 0 Å². The first kappa shape index (κ1) is 14.4. The molecular weight excluding hydrogens is 308 g/mol. The second-order valence-electron chi connectivity index (χ2n) is 5.93. The van der Waals surface area contributed by atoms with Gasteiger partial charge in [0.05, 0.1) is 0 Å². The summed E-state index contributed by atoms with van der Waals surface area (Å²) in [5.74, 6) is 2.29. The fourth-order valence-corrected chi connectivity index (χ4v) is 3.81. The highest BCUT2D eigenvalue weighted by Crippen LogP contribution is 2.38. The molecule has 2 rings (SSSR count). The zero-order valence-corrected chi connectivity index (χ0v) is 13.5. The highest BCUT2D eigenvalue weighted by Gasteiger charge is 2.30. The highest BCUT2D eigenvalue weighted by molar-refractivity contribution is 9.10.